The second-order valence-electron chi connectivity index (χ2n) is 4.58. The number of aromatic nitrogens is 1. The van der Waals surface area contributed by atoms with Gasteiger partial charge in [0.15, 0.2) is 5.13 Å². The highest BCUT2D eigenvalue weighted by molar-refractivity contribution is 7.22. The largest absolute Gasteiger partial charge is 0.492 e. The van der Waals surface area contributed by atoms with Gasteiger partial charge in [0, 0.05) is 13.1 Å². The number of para-hydroxylation sites is 1. The smallest absolute Gasteiger partial charge is 0.186 e. The van der Waals surface area contributed by atoms with E-state index in [1.54, 1.807) is 11.3 Å². The van der Waals surface area contributed by atoms with Gasteiger partial charge in [0.2, 0.25) is 0 Å². The summed E-state index contributed by atoms with van der Waals surface area (Å²) in [6, 6.07) is 6.18. The summed E-state index contributed by atoms with van der Waals surface area (Å²) in [6.07, 6.45) is 3.92. The topological polar surface area (TPSA) is 25.4 Å². The van der Waals surface area contributed by atoms with Crippen molar-refractivity contribution in [1.82, 2.24) is 4.98 Å². The first-order chi connectivity index (χ1) is 8.88. The Kier molecular flexibility index (Phi) is 3.37. The van der Waals surface area contributed by atoms with E-state index in [2.05, 4.69) is 11.0 Å². The van der Waals surface area contributed by atoms with Crippen LogP contribution in [-0.2, 0) is 0 Å². The van der Waals surface area contributed by atoms with Crippen LogP contribution in [0.1, 0.15) is 26.2 Å². The molecule has 1 aliphatic rings. The van der Waals surface area contributed by atoms with Crippen LogP contribution in [0.5, 0.6) is 5.75 Å². The van der Waals surface area contributed by atoms with Gasteiger partial charge in [-0.05, 0) is 38.3 Å². The third-order valence-electron chi connectivity index (χ3n) is 3.30. The quantitative estimate of drug-likeness (QED) is 0.843. The first kappa shape index (κ1) is 11.8. The van der Waals surface area contributed by atoms with E-state index in [1.165, 1.54) is 24.0 Å². The Hall–Kier alpha value is -1.29. The van der Waals surface area contributed by atoms with Crippen LogP contribution in [0.3, 0.4) is 0 Å². The van der Waals surface area contributed by atoms with Crippen LogP contribution in [0.4, 0.5) is 5.13 Å². The molecule has 1 saturated heterocycles. The van der Waals surface area contributed by atoms with Crippen molar-refractivity contribution in [3.05, 3.63) is 18.2 Å². The van der Waals surface area contributed by atoms with Crippen LogP contribution in [0.25, 0.3) is 10.2 Å². The minimum atomic E-state index is 0.690. The highest BCUT2D eigenvalue weighted by Gasteiger charge is 2.16. The summed E-state index contributed by atoms with van der Waals surface area (Å²) in [4.78, 5) is 7.18. The molecule has 1 fully saturated rings. The van der Waals surface area contributed by atoms with Crippen molar-refractivity contribution in [2.75, 3.05) is 24.6 Å². The number of fused-ring (bicyclic) bond motifs is 1. The molecule has 0 amide bonds. The fourth-order valence-corrected chi connectivity index (χ4v) is 3.44. The number of anilines is 1. The standard InChI is InChI=1S/C14H18N2OS/c1-2-17-11-7-6-8-12-13(11)15-14(18-12)16-9-4-3-5-10-16/h6-8H,2-5,9-10H2,1H3. The van der Waals surface area contributed by atoms with Crippen molar-refractivity contribution >= 4 is 26.7 Å². The van der Waals surface area contributed by atoms with Crippen LogP contribution >= 0.6 is 11.3 Å². The maximum Gasteiger partial charge on any atom is 0.186 e. The van der Waals surface area contributed by atoms with Gasteiger partial charge < -0.3 is 9.64 Å². The van der Waals surface area contributed by atoms with Gasteiger partial charge in [-0.15, -0.1) is 0 Å². The Morgan fingerprint density at radius 1 is 1.28 bits per heavy atom. The van der Waals surface area contributed by atoms with E-state index >= 15 is 0 Å². The van der Waals surface area contributed by atoms with Gasteiger partial charge in [-0.2, -0.15) is 0 Å². The summed E-state index contributed by atoms with van der Waals surface area (Å²) in [7, 11) is 0. The number of nitrogens with zero attached hydrogens (tertiary/aromatic N) is 2. The lowest BCUT2D eigenvalue weighted by Gasteiger charge is -2.25. The van der Waals surface area contributed by atoms with Crippen molar-refractivity contribution in [1.29, 1.82) is 0 Å². The van der Waals surface area contributed by atoms with Crippen molar-refractivity contribution in [2.45, 2.75) is 26.2 Å². The molecule has 1 aromatic carbocycles. The fourth-order valence-electron chi connectivity index (χ4n) is 2.40. The minimum absolute atomic E-state index is 0.690. The molecule has 2 heterocycles. The zero-order chi connectivity index (χ0) is 12.4. The number of hydrogen-bond donors (Lipinski definition) is 0. The van der Waals surface area contributed by atoms with Crippen LogP contribution in [0.2, 0.25) is 0 Å². The highest BCUT2D eigenvalue weighted by Crippen LogP contribution is 2.34. The number of rotatable bonds is 3. The van der Waals surface area contributed by atoms with Crippen LogP contribution in [0.15, 0.2) is 18.2 Å². The summed E-state index contributed by atoms with van der Waals surface area (Å²) < 4.78 is 6.87. The summed E-state index contributed by atoms with van der Waals surface area (Å²) in [6.45, 7) is 4.99. The van der Waals surface area contributed by atoms with Crippen molar-refractivity contribution in [3.63, 3.8) is 0 Å². The van der Waals surface area contributed by atoms with Gasteiger partial charge in [0.1, 0.15) is 11.3 Å². The second kappa shape index (κ2) is 5.14. The molecule has 0 N–H and O–H groups in total. The van der Waals surface area contributed by atoms with Gasteiger partial charge in [-0.1, -0.05) is 17.4 Å². The molecule has 0 saturated carbocycles. The van der Waals surface area contributed by atoms with E-state index in [4.69, 9.17) is 9.72 Å². The first-order valence-electron chi connectivity index (χ1n) is 6.66. The molecule has 0 unspecified atom stereocenters. The van der Waals surface area contributed by atoms with Gasteiger partial charge in [-0.3, -0.25) is 0 Å². The monoisotopic (exact) mass is 262 g/mol. The third-order valence-corrected chi connectivity index (χ3v) is 4.38. The Balaban J connectivity index is 1.96. The summed E-state index contributed by atoms with van der Waals surface area (Å²) in [5.74, 6) is 0.912. The zero-order valence-corrected chi connectivity index (χ0v) is 11.5. The lowest BCUT2D eigenvalue weighted by atomic mass is 10.1. The van der Waals surface area contributed by atoms with E-state index in [1.807, 2.05) is 19.1 Å². The van der Waals surface area contributed by atoms with E-state index in [9.17, 15) is 0 Å². The molecule has 1 aliphatic heterocycles. The third kappa shape index (κ3) is 2.17. The Labute approximate surface area is 111 Å². The van der Waals surface area contributed by atoms with Crippen LogP contribution < -0.4 is 9.64 Å². The lowest BCUT2D eigenvalue weighted by molar-refractivity contribution is 0.344. The van der Waals surface area contributed by atoms with Crippen molar-refractivity contribution in [3.8, 4) is 5.75 Å². The molecular weight excluding hydrogens is 244 g/mol. The first-order valence-corrected chi connectivity index (χ1v) is 7.47. The van der Waals surface area contributed by atoms with E-state index in [-0.39, 0.29) is 0 Å². The van der Waals surface area contributed by atoms with Crippen molar-refractivity contribution in [2.24, 2.45) is 0 Å². The average Bonchev–Trinajstić information content (AvgIpc) is 2.85. The molecule has 3 rings (SSSR count). The fraction of sp³-hybridized carbons (Fsp3) is 0.500. The van der Waals surface area contributed by atoms with Crippen LogP contribution in [0, 0.1) is 0 Å². The summed E-state index contributed by atoms with van der Waals surface area (Å²) in [5.41, 5.74) is 1.02. The Bertz CT molecular complexity index is 532. The number of piperidine rings is 1. The summed E-state index contributed by atoms with van der Waals surface area (Å²) >= 11 is 1.78. The molecule has 3 nitrogen and oxygen atoms in total. The molecule has 0 atom stereocenters. The van der Waals surface area contributed by atoms with E-state index in [0.29, 0.717) is 6.61 Å². The number of hydrogen-bond acceptors (Lipinski definition) is 4. The normalized spacial score (nSPS) is 16.2. The van der Waals surface area contributed by atoms with Gasteiger partial charge >= 0.3 is 0 Å². The molecule has 0 aliphatic carbocycles. The zero-order valence-electron chi connectivity index (χ0n) is 10.7. The maximum atomic E-state index is 5.65. The SMILES string of the molecule is CCOc1cccc2sc(N3CCCCC3)nc12. The number of ether oxygens (including phenoxy) is 1. The molecule has 1 aromatic heterocycles. The Morgan fingerprint density at radius 2 is 2.11 bits per heavy atom. The molecule has 4 heteroatoms. The van der Waals surface area contributed by atoms with Crippen molar-refractivity contribution < 1.29 is 4.74 Å². The van der Waals surface area contributed by atoms with Gasteiger partial charge in [0.25, 0.3) is 0 Å². The predicted molar refractivity (Wildman–Crippen MR) is 76.9 cm³/mol. The molecule has 0 radical (unpaired) electrons. The molecular formula is C14H18N2OS. The van der Waals surface area contributed by atoms with Gasteiger partial charge in [0.05, 0.1) is 11.3 Å². The predicted octanol–water partition coefficient (Wildman–Crippen LogP) is 3.69. The molecule has 0 spiro atoms. The summed E-state index contributed by atoms with van der Waals surface area (Å²) in [5, 5.41) is 1.15. The Morgan fingerprint density at radius 3 is 2.89 bits per heavy atom. The molecule has 18 heavy (non-hydrogen) atoms. The minimum Gasteiger partial charge on any atom is -0.492 e. The average molecular weight is 262 g/mol. The van der Waals surface area contributed by atoms with Gasteiger partial charge in [-0.25, -0.2) is 4.98 Å². The van der Waals surface area contributed by atoms with Crippen LogP contribution in [-0.4, -0.2) is 24.7 Å². The maximum absolute atomic E-state index is 5.65. The van der Waals surface area contributed by atoms with E-state index in [0.717, 1.165) is 29.5 Å². The second-order valence-corrected chi connectivity index (χ2v) is 5.59. The lowest BCUT2D eigenvalue weighted by Crippen LogP contribution is -2.29. The highest BCUT2D eigenvalue weighted by atomic mass is 32.1. The molecule has 2 aromatic rings. The number of benzene rings is 1. The molecule has 96 valence electrons. The number of thiazole rings is 1. The molecule has 0 bridgehead atoms. The van der Waals surface area contributed by atoms with E-state index < -0.39 is 0 Å².